The Bertz CT molecular complexity index is 411. The highest BCUT2D eigenvalue weighted by atomic mass is 35.5. The maximum Gasteiger partial charge on any atom is 0.183 e. The van der Waals surface area contributed by atoms with E-state index in [0.717, 1.165) is 34.3 Å². The number of aliphatic imine (C=N–C) groups is 1. The zero-order chi connectivity index (χ0) is 12.3. The molecule has 2 nitrogen and oxygen atoms in total. The lowest BCUT2D eigenvalue weighted by Gasteiger charge is -2.23. The van der Waals surface area contributed by atoms with Crippen LogP contribution in [0, 0.1) is 0 Å². The first-order chi connectivity index (χ1) is 8.22. The molecule has 0 saturated carbocycles. The van der Waals surface area contributed by atoms with Gasteiger partial charge in [0, 0.05) is 28.9 Å². The molecule has 2 rings (SSSR count). The van der Waals surface area contributed by atoms with Crippen molar-refractivity contribution in [3.63, 3.8) is 0 Å². The first kappa shape index (κ1) is 12.7. The van der Waals surface area contributed by atoms with Gasteiger partial charge in [-0.15, -0.1) is 0 Å². The first-order valence-corrected chi connectivity index (χ1v) is 6.58. The van der Waals surface area contributed by atoms with E-state index < -0.39 is 0 Å². The third-order valence-electron chi connectivity index (χ3n) is 2.91. The SMILES string of the molecule is CCOC1=NC[C@@H](c2c(Cl)cccc2Cl)CC1. The van der Waals surface area contributed by atoms with Crippen molar-refractivity contribution in [2.75, 3.05) is 13.2 Å². The van der Waals surface area contributed by atoms with Crippen LogP contribution in [0.5, 0.6) is 0 Å². The van der Waals surface area contributed by atoms with Crippen molar-refractivity contribution in [1.82, 2.24) is 0 Å². The molecule has 1 atom stereocenters. The van der Waals surface area contributed by atoms with E-state index in [1.807, 2.05) is 25.1 Å². The molecule has 0 aromatic heterocycles. The van der Waals surface area contributed by atoms with Crippen molar-refractivity contribution >= 4 is 29.1 Å². The summed E-state index contributed by atoms with van der Waals surface area (Å²) in [7, 11) is 0. The minimum atomic E-state index is 0.306. The van der Waals surface area contributed by atoms with Crippen LogP contribution in [-0.4, -0.2) is 19.0 Å². The van der Waals surface area contributed by atoms with E-state index in [0.29, 0.717) is 19.1 Å². The van der Waals surface area contributed by atoms with Crippen LogP contribution in [0.1, 0.15) is 31.2 Å². The lowest BCUT2D eigenvalue weighted by Crippen LogP contribution is -2.17. The second kappa shape index (κ2) is 5.74. The molecule has 0 amide bonds. The molecule has 92 valence electrons. The Morgan fingerprint density at radius 2 is 2.06 bits per heavy atom. The number of ether oxygens (including phenoxy) is 1. The van der Waals surface area contributed by atoms with Crippen LogP contribution in [0.3, 0.4) is 0 Å². The van der Waals surface area contributed by atoms with E-state index >= 15 is 0 Å². The van der Waals surface area contributed by atoms with Gasteiger partial charge in [-0.1, -0.05) is 29.3 Å². The molecule has 17 heavy (non-hydrogen) atoms. The quantitative estimate of drug-likeness (QED) is 0.786. The zero-order valence-electron chi connectivity index (χ0n) is 9.75. The van der Waals surface area contributed by atoms with Crippen LogP contribution in [-0.2, 0) is 4.74 Å². The summed E-state index contributed by atoms with van der Waals surface area (Å²) in [5.74, 6) is 1.16. The summed E-state index contributed by atoms with van der Waals surface area (Å²) in [6, 6.07) is 5.63. The second-order valence-corrected chi connectivity index (χ2v) is 4.85. The Morgan fingerprint density at radius 1 is 1.35 bits per heavy atom. The molecule has 0 bridgehead atoms. The zero-order valence-corrected chi connectivity index (χ0v) is 11.3. The van der Waals surface area contributed by atoms with E-state index in [-0.39, 0.29) is 0 Å². The van der Waals surface area contributed by atoms with Gasteiger partial charge in [0.2, 0.25) is 0 Å². The summed E-state index contributed by atoms with van der Waals surface area (Å²) >= 11 is 12.4. The smallest absolute Gasteiger partial charge is 0.183 e. The number of benzene rings is 1. The lowest BCUT2D eigenvalue weighted by atomic mass is 9.92. The molecule has 0 fully saturated rings. The van der Waals surface area contributed by atoms with Crippen LogP contribution in [0.15, 0.2) is 23.2 Å². The van der Waals surface area contributed by atoms with Gasteiger partial charge in [0.25, 0.3) is 0 Å². The van der Waals surface area contributed by atoms with Crippen molar-refractivity contribution < 1.29 is 4.74 Å². The minimum Gasteiger partial charge on any atom is -0.481 e. The molecule has 0 radical (unpaired) electrons. The predicted octanol–water partition coefficient (Wildman–Crippen LogP) is 4.31. The van der Waals surface area contributed by atoms with Crippen molar-refractivity contribution in [2.45, 2.75) is 25.7 Å². The van der Waals surface area contributed by atoms with Gasteiger partial charge in [-0.3, -0.25) is 4.99 Å². The third-order valence-corrected chi connectivity index (χ3v) is 3.57. The molecular weight excluding hydrogens is 257 g/mol. The normalized spacial score (nSPS) is 19.9. The molecule has 4 heteroatoms. The molecule has 0 spiro atoms. The van der Waals surface area contributed by atoms with Crippen LogP contribution < -0.4 is 0 Å². The van der Waals surface area contributed by atoms with Gasteiger partial charge in [-0.05, 0) is 31.0 Å². The van der Waals surface area contributed by atoms with Crippen molar-refractivity contribution in [1.29, 1.82) is 0 Å². The number of hydrogen-bond donors (Lipinski definition) is 0. The standard InChI is InChI=1S/C13H15Cl2NO/c1-2-17-12-7-6-9(8-16-12)13-10(14)4-3-5-11(13)15/h3-5,9H,2,6-8H2,1H3/t9-/m0/s1. The second-order valence-electron chi connectivity index (χ2n) is 4.04. The van der Waals surface area contributed by atoms with E-state index in [1.165, 1.54) is 0 Å². The van der Waals surface area contributed by atoms with Crippen LogP contribution in [0.4, 0.5) is 0 Å². The fourth-order valence-corrected chi connectivity index (χ4v) is 2.81. The highest BCUT2D eigenvalue weighted by Gasteiger charge is 2.22. The molecule has 1 aromatic rings. The average Bonchev–Trinajstić information content (AvgIpc) is 2.31. The highest BCUT2D eigenvalue weighted by Crippen LogP contribution is 2.35. The number of hydrogen-bond acceptors (Lipinski definition) is 2. The molecule has 1 aliphatic heterocycles. The molecule has 0 saturated heterocycles. The van der Waals surface area contributed by atoms with Crippen LogP contribution in [0.25, 0.3) is 0 Å². The maximum absolute atomic E-state index is 6.20. The number of rotatable bonds is 2. The Hall–Kier alpha value is -0.730. The fourth-order valence-electron chi connectivity index (χ4n) is 2.10. The van der Waals surface area contributed by atoms with E-state index in [4.69, 9.17) is 27.9 Å². The Morgan fingerprint density at radius 3 is 2.59 bits per heavy atom. The molecule has 1 aliphatic rings. The van der Waals surface area contributed by atoms with E-state index in [2.05, 4.69) is 4.99 Å². The largest absolute Gasteiger partial charge is 0.481 e. The van der Waals surface area contributed by atoms with Crippen molar-refractivity contribution in [2.24, 2.45) is 4.99 Å². The maximum atomic E-state index is 6.20. The summed E-state index contributed by atoms with van der Waals surface area (Å²) in [5.41, 5.74) is 1.02. The monoisotopic (exact) mass is 271 g/mol. The summed E-state index contributed by atoms with van der Waals surface area (Å²) < 4.78 is 5.41. The topological polar surface area (TPSA) is 21.6 Å². The Balaban J connectivity index is 2.16. The van der Waals surface area contributed by atoms with Gasteiger partial charge in [0.15, 0.2) is 5.90 Å². The van der Waals surface area contributed by atoms with Crippen LogP contribution >= 0.6 is 23.2 Å². The number of halogens is 2. The fraction of sp³-hybridized carbons (Fsp3) is 0.462. The molecular formula is C13H15Cl2NO. The van der Waals surface area contributed by atoms with Crippen molar-refractivity contribution in [3.8, 4) is 0 Å². The number of nitrogens with zero attached hydrogens (tertiary/aromatic N) is 1. The Labute approximate surface area is 112 Å². The van der Waals surface area contributed by atoms with E-state index in [9.17, 15) is 0 Å². The van der Waals surface area contributed by atoms with Gasteiger partial charge in [-0.25, -0.2) is 0 Å². The van der Waals surface area contributed by atoms with Crippen LogP contribution in [0.2, 0.25) is 10.0 Å². The van der Waals surface area contributed by atoms with Crippen molar-refractivity contribution in [3.05, 3.63) is 33.8 Å². The van der Waals surface area contributed by atoms with Gasteiger partial charge >= 0.3 is 0 Å². The van der Waals surface area contributed by atoms with Gasteiger partial charge in [0.1, 0.15) is 0 Å². The Kier molecular flexibility index (Phi) is 4.30. The molecule has 0 unspecified atom stereocenters. The lowest BCUT2D eigenvalue weighted by molar-refractivity contribution is 0.307. The van der Waals surface area contributed by atoms with Gasteiger partial charge < -0.3 is 4.74 Å². The summed E-state index contributed by atoms with van der Waals surface area (Å²) in [6.45, 7) is 3.36. The first-order valence-electron chi connectivity index (χ1n) is 5.82. The van der Waals surface area contributed by atoms with Gasteiger partial charge in [-0.2, -0.15) is 0 Å². The predicted molar refractivity (Wildman–Crippen MR) is 72.4 cm³/mol. The van der Waals surface area contributed by atoms with E-state index in [1.54, 1.807) is 0 Å². The summed E-state index contributed by atoms with van der Waals surface area (Å²) in [4.78, 5) is 4.44. The minimum absolute atomic E-state index is 0.306. The molecule has 0 N–H and O–H groups in total. The highest BCUT2D eigenvalue weighted by molar-refractivity contribution is 6.36. The summed E-state index contributed by atoms with van der Waals surface area (Å²) in [5, 5.41) is 1.47. The molecule has 0 aliphatic carbocycles. The third kappa shape index (κ3) is 2.93. The average molecular weight is 272 g/mol. The molecule has 1 aromatic carbocycles. The summed E-state index contributed by atoms with van der Waals surface area (Å²) in [6.07, 6.45) is 1.85. The van der Waals surface area contributed by atoms with Gasteiger partial charge in [0.05, 0.1) is 6.61 Å². The molecule has 1 heterocycles.